The van der Waals surface area contributed by atoms with Crippen LogP contribution in [0.2, 0.25) is 0 Å². The molecule has 1 saturated carbocycles. The average molecular weight is 270 g/mol. The van der Waals surface area contributed by atoms with Crippen molar-refractivity contribution in [2.75, 3.05) is 7.11 Å². The molecule has 1 aliphatic rings. The Hall–Kier alpha value is -0.540. The third-order valence-corrected chi connectivity index (χ3v) is 3.80. The summed E-state index contributed by atoms with van der Waals surface area (Å²) < 4.78 is 6.46. The van der Waals surface area contributed by atoms with E-state index < -0.39 is 0 Å². The first-order valence-electron chi connectivity index (χ1n) is 5.25. The minimum atomic E-state index is 0.111. The minimum absolute atomic E-state index is 0.111. The number of methoxy groups -OCH3 is 1. The van der Waals surface area contributed by atoms with Crippen LogP contribution in [0.15, 0.2) is 22.7 Å². The van der Waals surface area contributed by atoms with Crippen LogP contribution >= 0.6 is 15.9 Å². The van der Waals surface area contributed by atoms with E-state index in [-0.39, 0.29) is 5.54 Å². The average Bonchev–Trinajstić information content (AvgIpc) is 2.95. The molecule has 0 unspecified atom stereocenters. The Labute approximate surface area is 98.9 Å². The van der Waals surface area contributed by atoms with Crippen molar-refractivity contribution in [2.45, 2.75) is 31.2 Å². The van der Waals surface area contributed by atoms with Crippen molar-refractivity contribution < 1.29 is 4.74 Å². The highest BCUT2D eigenvalue weighted by molar-refractivity contribution is 9.10. The molecule has 1 aromatic rings. The molecular weight excluding hydrogens is 254 g/mol. The van der Waals surface area contributed by atoms with Crippen LogP contribution in [-0.4, -0.2) is 12.6 Å². The Morgan fingerprint density at radius 3 is 2.80 bits per heavy atom. The summed E-state index contributed by atoms with van der Waals surface area (Å²) in [6, 6.07) is 6.03. The van der Waals surface area contributed by atoms with Gasteiger partial charge in [0, 0.05) is 15.6 Å². The van der Waals surface area contributed by atoms with E-state index in [1.807, 2.05) is 18.2 Å². The predicted molar refractivity (Wildman–Crippen MR) is 65.2 cm³/mol. The van der Waals surface area contributed by atoms with Crippen LogP contribution in [-0.2, 0) is 6.42 Å². The van der Waals surface area contributed by atoms with Crippen LogP contribution in [0.5, 0.6) is 5.75 Å². The second-order valence-electron chi connectivity index (χ2n) is 4.28. The Balaban J connectivity index is 2.11. The van der Waals surface area contributed by atoms with Gasteiger partial charge in [-0.05, 0) is 37.8 Å². The van der Waals surface area contributed by atoms with E-state index in [0.717, 1.165) is 23.1 Å². The second-order valence-corrected chi connectivity index (χ2v) is 5.14. The minimum Gasteiger partial charge on any atom is -0.496 e. The summed E-state index contributed by atoms with van der Waals surface area (Å²) in [4.78, 5) is 0. The lowest BCUT2D eigenvalue weighted by Crippen LogP contribution is -2.22. The third-order valence-electron chi connectivity index (χ3n) is 3.06. The Bertz CT molecular complexity index is 361. The van der Waals surface area contributed by atoms with Gasteiger partial charge in [-0.2, -0.15) is 0 Å². The van der Waals surface area contributed by atoms with E-state index in [2.05, 4.69) is 15.9 Å². The number of hydrogen-bond donors (Lipinski definition) is 1. The van der Waals surface area contributed by atoms with Gasteiger partial charge in [-0.1, -0.05) is 22.0 Å². The highest BCUT2D eigenvalue weighted by Gasteiger charge is 2.37. The lowest BCUT2D eigenvalue weighted by atomic mass is 10.0. The summed E-state index contributed by atoms with van der Waals surface area (Å²) >= 11 is 3.56. The van der Waals surface area contributed by atoms with Crippen LogP contribution in [0.3, 0.4) is 0 Å². The van der Waals surface area contributed by atoms with Gasteiger partial charge < -0.3 is 10.5 Å². The first kappa shape index (κ1) is 11.0. The standard InChI is InChI=1S/C12H16BrNO/c1-15-11-4-2-3-10(13)9(11)5-6-12(14)7-8-12/h2-4H,5-8,14H2,1H3. The summed E-state index contributed by atoms with van der Waals surface area (Å²) in [5.41, 5.74) is 7.42. The van der Waals surface area contributed by atoms with E-state index in [4.69, 9.17) is 10.5 Å². The molecule has 0 heterocycles. The van der Waals surface area contributed by atoms with Crippen LogP contribution in [0.25, 0.3) is 0 Å². The maximum atomic E-state index is 6.08. The van der Waals surface area contributed by atoms with Gasteiger partial charge >= 0.3 is 0 Å². The topological polar surface area (TPSA) is 35.2 Å². The zero-order valence-corrected chi connectivity index (χ0v) is 10.5. The Morgan fingerprint density at radius 2 is 2.20 bits per heavy atom. The number of rotatable bonds is 4. The van der Waals surface area contributed by atoms with E-state index >= 15 is 0 Å². The quantitative estimate of drug-likeness (QED) is 0.913. The predicted octanol–water partition coefficient (Wildman–Crippen LogP) is 2.88. The molecule has 1 fully saturated rings. The van der Waals surface area contributed by atoms with Gasteiger partial charge in [0.05, 0.1) is 7.11 Å². The molecule has 1 aromatic carbocycles. The molecule has 15 heavy (non-hydrogen) atoms. The number of benzene rings is 1. The van der Waals surface area contributed by atoms with E-state index in [1.54, 1.807) is 7.11 Å². The van der Waals surface area contributed by atoms with Gasteiger partial charge in [0.25, 0.3) is 0 Å². The van der Waals surface area contributed by atoms with Gasteiger partial charge in [0.15, 0.2) is 0 Å². The largest absolute Gasteiger partial charge is 0.496 e. The lowest BCUT2D eigenvalue weighted by molar-refractivity contribution is 0.407. The first-order chi connectivity index (χ1) is 7.14. The van der Waals surface area contributed by atoms with E-state index in [1.165, 1.54) is 18.4 Å². The molecule has 0 saturated heterocycles. The summed E-state index contributed by atoms with van der Waals surface area (Å²) in [6.07, 6.45) is 4.37. The van der Waals surface area contributed by atoms with Crippen LogP contribution < -0.4 is 10.5 Å². The van der Waals surface area contributed by atoms with E-state index in [0.29, 0.717) is 0 Å². The number of ether oxygens (including phenoxy) is 1. The highest BCUT2D eigenvalue weighted by Crippen LogP contribution is 2.38. The molecular formula is C12H16BrNO. The summed E-state index contributed by atoms with van der Waals surface area (Å²) in [5, 5.41) is 0. The molecule has 3 heteroatoms. The fourth-order valence-electron chi connectivity index (χ4n) is 1.76. The maximum Gasteiger partial charge on any atom is 0.123 e. The zero-order valence-electron chi connectivity index (χ0n) is 8.92. The molecule has 0 amide bonds. The molecule has 82 valence electrons. The molecule has 1 aliphatic carbocycles. The first-order valence-corrected chi connectivity index (χ1v) is 6.04. The molecule has 0 aromatic heterocycles. The normalized spacial score (nSPS) is 17.5. The summed E-state index contributed by atoms with van der Waals surface area (Å²) in [5.74, 6) is 0.952. The second kappa shape index (κ2) is 4.14. The molecule has 0 bridgehead atoms. The van der Waals surface area contributed by atoms with Gasteiger partial charge in [-0.3, -0.25) is 0 Å². The fraction of sp³-hybridized carbons (Fsp3) is 0.500. The van der Waals surface area contributed by atoms with Crippen LogP contribution in [0.1, 0.15) is 24.8 Å². The smallest absolute Gasteiger partial charge is 0.123 e. The molecule has 0 aliphatic heterocycles. The van der Waals surface area contributed by atoms with Crippen molar-refractivity contribution in [3.8, 4) is 5.75 Å². The van der Waals surface area contributed by atoms with Crippen LogP contribution in [0.4, 0.5) is 0 Å². The van der Waals surface area contributed by atoms with Crippen molar-refractivity contribution in [1.29, 1.82) is 0 Å². The SMILES string of the molecule is COc1cccc(Br)c1CCC1(N)CC1. The molecule has 0 atom stereocenters. The molecule has 0 radical (unpaired) electrons. The Kier molecular flexibility index (Phi) is 3.03. The van der Waals surface area contributed by atoms with Gasteiger partial charge in [0.2, 0.25) is 0 Å². The highest BCUT2D eigenvalue weighted by atomic mass is 79.9. The lowest BCUT2D eigenvalue weighted by Gasteiger charge is -2.13. The molecule has 2 rings (SSSR count). The monoisotopic (exact) mass is 269 g/mol. The van der Waals surface area contributed by atoms with E-state index in [9.17, 15) is 0 Å². The molecule has 0 spiro atoms. The zero-order chi connectivity index (χ0) is 10.9. The number of nitrogens with two attached hydrogens (primary N) is 1. The van der Waals surface area contributed by atoms with Gasteiger partial charge in [-0.15, -0.1) is 0 Å². The number of hydrogen-bond acceptors (Lipinski definition) is 2. The summed E-state index contributed by atoms with van der Waals surface area (Å²) in [7, 11) is 1.71. The van der Waals surface area contributed by atoms with Crippen LogP contribution in [0, 0.1) is 0 Å². The Morgan fingerprint density at radius 1 is 1.47 bits per heavy atom. The molecule has 2 nitrogen and oxygen atoms in total. The summed E-state index contributed by atoms with van der Waals surface area (Å²) in [6.45, 7) is 0. The fourth-order valence-corrected chi connectivity index (χ4v) is 2.30. The van der Waals surface area contributed by atoms with Crippen molar-refractivity contribution in [2.24, 2.45) is 5.73 Å². The maximum absolute atomic E-state index is 6.08. The van der Waals surface area contributed by atoms with Crippen molar-refractivity contribution >= 4 is 15.9 Å². The van der Waals surface area contributed by atoms with Crippen molar-refractivity contribution in [3.63, 3.8) is 0 Å². The molecule has 2 N–H and O–H groups in total. The van der Waals surface area contributed by atoms with Crippen molar-refractivity contribution in [1.82, 2.24) is 0 Å². The number of halogens is 1. The van der Waals surface area contributed by atoms with Gasteiger partial charge in [0.1, 0.15) is 5.75 Å². The van der Waals surface area contributed by atoms with Crippen molar-refractivity contribution in [3.05, 3.63) is 28.2 Å². The van der Waals surface area contributed by atoms with Gasteiger partial charge in [-0.25, -0.2) is 0 Å². The third kappa shape index (κ3) is 2.52.